The molecule has 5 nitrogen and oxygen atoms in total. The Morgan fingerprint density at radius 3 is 2.25 bits per heavy atom. The fraction of sp³-hybridized carbons (Fsp3) is 0.222. The molecule has 0 bridgehead atoms. The molecule has 0 radical (unpaired) electrons. The van der Waals surface area contributed by atoms with Gasteiger partial charge in [0, 0.05) is 36.1 Å². The maximum absolute atomic E-state index is 5.37. The monoisotopic (exact) mass is 348 g/mol. The van der Waals surface area contributed by atoms with Crippen LogP contribution in [0.25, 0.3) is 10.9 Å². The molecule has 1 aromatic heterocycles. The minimum atomic E-state index is 0. The second-order valence-electron chi connectivity index (χ2n) is 5.17. The summed E-state index contributed by atoms with van der Waals surface area (Å²) in [7, 11) is 4.82. The van der Waals surface area contributed by atoms with Gasteiger partial charge in [-0.05, 0) is 29.1 Å². The molecule has 128 valence electrons. The number of benzene rings is 2. The Morgan fingerprint density at radius 1 is 0.917 bits per heavy atom. The average Bonchev–Trinajstić information content (AvgIpc) is 3.06. The van der Waals surface area contributed by atoms with Crippen LogP contribution in [0, 0.1) is 0 Å². The molecule has 0 spiro atoms. The molecule has 0 aliphatic heterocycles. The zero-order valence-electron chi connectivity index (χ0n) is 13.9. The molecule has 0 atom stereocenters. The van der Waals surface area contributed by atoms with Gasteiger partial charge in [-0.3, -0.25) is 0 Å². The van der Waals surface area contributed by atoms with E-state index in [9.17, 15) is 0 Å². The summed E-state index contributed by atoms with van der Waals surface area (Å²) in [5.41, 5.74) is 3.25. The number of fused-ring (bicyclic) bond motifs is 1. The number of ether oxygens (including phenoxy) is 3. The van der Waals surface area contributed by atoms with Crippen molar-refractivity contribution < 1.29 is 14.2 Å². The summed E-state index contributed by atoms with van der Waals surface area (Å²) in [5, 5.41) is 4.60. The van der Waals surface area contributed by atoms with Crippen molar-refractivity contribution in [1.29, 1.82) is 0 Å². The summed E-state index contributed by atoms with van der Waals surface area (Å²) < 4.78 is 16.1. The Bertz CT molecular complexity index is 792. The number of anilines is 1. The first-order valence-electron chi connectivity index (χ1n) is 7.35. The van der Waals surface area contributed by atoms with Gasteiger partial charge in [-0.15, -0.1) is 12.4 Å². The Hall–Kier alpha value is -2.53. The first-order valence-corrected chi connectivity index (χ1v) is 7.35. The fourth-order valence-corrected chi connectivity index (χ4v) is 2.60. The Morgan fingerprint density at radius 2 is 1.62 bits per heavy atom. The SMILES string of the molecule is COc1cc(NCc2ccc3[nH]ccc3c2)cc(OC)c1OC.Cl. The molecule has 0 aliphatic carbocycles. The highest BCUT2D eigenvalue weighted by atomic mass is 35.5. The van der Waals surface area contributed by atoms with Gasteiger partial charge in [-0.25, -0.2) is 0 Å². The van der Waals surface area contributed by atoms with Gasteiger partial charge >= 0.3 is 0 Å². The van der Waals surface area contributed by atoms with Crippen molar-refractivity contribution in [3.8, 4) is 17.2 Å². The molecule has 0 unspecified atom stereocenters. The van der Waals surface area contributed by atoms with Crippen LogP contribution < -0.4 is 19.5 Å². The summed E-state index contributed by atoms with van der Waals surface area (Å²) in [6, 6.07) is 12.2. The van der Waals surface area contributed by atoms with Gasteiger partial charge in [0.2, 0.25) is 5.75 Å². The standard InChI is InChI=1S/C18H20N2O3.ClH/c1-21-16-9-14(10-17(22-2)18(16)23-3)20-11-12-4-5-15-13(8-12)6-7-19-15;/h4-10,19-20H,11H2,1-3H3;1H. The highest BCUT2D eigenvalue weighted by molar-refractivity contribution is 5.85. The average molecular weight is 349 g/mol. The lowest BCUT2D eigenvalue weighted by Crippen LogP contribution is -2.01. The number of aromatic nitrogens is 1. The molecule has 1 heterocycles. The van der Waals surface area contributed by atoms with Crippen LogP contribution in [0.15, 0.2) is 42.6 Å². The minimum Gasteiger partial charge on any atom is -0.493 e. The van der Waals surface area contributed by atoms with Crippen LogP contribution in [0.2, 0.25) is 0 Å². The topological polar surface area (TPSA) is 55.5 Å². The van der Waals surface area contributed by atoms with E-state index in [4.69, 9.17) is 14.2 Å². The predicted molar refractivity (Wildman–Crippen MR) is 99.0 cm³/mol. The molecule has 24 heavy (non-hydrogen) atoms. The molecular weight excluding hydrogens is 328 g/mol. The molecule has 6 heteroatoms. The second-order valence-corrected chi connectivity index (χ2v) is 5.17. The molecular formula is C18H21ClN2O3. The second kappa shape index (κ2) is 7.84. The Balaban J connectivity index is 0.00000208. The molecule has 0 saturated carbocycles. The fourth-order valence-electron chi connectivity index (χ4n) is 2.60. The zero-order chi connectivity index (χ0) is 16.2. The number of aromatic amines is 1. The molecule has 3 aromatic rings. The Kier molecular flexibility index (Phi) is 5.82. The summed E-state index contributed by atoms with van der Waals surface area (Å²) in [6.07, 6.45) is 1.95. The maximum atomic E-state index is 5.37. The van der Waals surface area contributed by atoms with Crippen molar-refractivity contribution in [2.24, 2.45) is 0 Å². The van der Waals surface area contributed by atoms with Gasteiger partial charge in [0.15, 0.2) is 11.5 Å². The van der Waals surface area contributed by atoms with E-state index in [1.54, 1.807) is 21.3 Å². The molecule has 3 rings (SSSR count). The quantitative estimate of drug-likeness (QED) is 0.700. The van der Waals surface area contributed by atoms with Crippen LogP contribution in [0.3, 0.4) is 0 Å². The van der Waals surface area contributed by atoms with Crippen molar-refractivity contribution in [3.63, 3.8) is 0 Å². The van der Waals surface area contributed by atoms with E-state index < -0.39 is 0 Å². The number of hydrogen-bond acceptors (Lipinski definition) is 4. The lowest BCUT2D eigenvalue weighted by molar-refractivity contribution is 0.324. The molecule has 0 saturated heterocycles. The van der Waals surface area contributed by atoms with E-state index >= 15 is 0 Å². The number of hydrogen-bond donors (Lipinski definition) is 2. The molecule has 2 N–H and O–H groups in total. The molecule has 0 fully saturated rings. The summed E-state index contributed by atoms with van der Waals surface area (Å²) in [6.45, 7) is 0.708. The van der Waals surface area contributed by atoms with Crippen molar-refractivity contribution in [1.82, 2.24) is 4.98 Å². The third-order valence-electron chi connectivity index (χ3n) is 3.78. The summed E-state index contributed by atoms with van der Waals surface area (Å²) in [5.74, 6) is 1.86. The van der Waals surface area contributed by atoms with Gasteiger partial charge < -0.3 is 24.5 Å². The molecule has 0 aliphatic rings. The van der Waals surface area contributed by atoms with Crippen LogP contribution in [0.5, 0.6) is 17.2 Å². The van der Waals surface area contributed by atoms with E-state index in [0.29, 0.717) is 23.8 Å². The molecule has 0 amide bonds. The first-order chi connectivity index (χ1) is 11.2. The van der Waals surface area contributed by atoms with E-state index in [2.05, 4.69) is 34.6 Å². The number of rotatable bonds is 6. The van der Waals surface area contributed by atoms with Crippen LogP contribution in [-0.2, 0) is 6.54 Å². The minimum absolute atomic E-state index is 0. The lowest BCUT2D eigenvalue weighted by atomic mass is 10.1. The van der Waals surface area contributed by atoms with Crippen molar-refractivity contribution in [2.45, 2.75) is 6.54 Å². The van der Waals surface area contributed by atoms with Crippen LogP contribution in [-0.4, -0.2) is 26.3 Å². The molecule has 2 aromatic carbocycles. The van der Waals surface area contributed by atoms with Gasteiger partial charge in [0.1, 0.15) is 0 Å². The van der Waals surface area contributed by atoms with E-state index in [1.165, 1.54) is 10.9 Å². The van der Waals surface area contributed by atoms with Crippen LogP contribution in [0.4, 0.5) is 5.69 Å². The van der Waals surface area contributed by atoms with Gasteiger partial charge in [0.05, 0.1) is 21.3 Å². The number of nitrogens with one attached hydrogen (secondary N) is 2. The van der Waals surface area contributed by atoms with Gasteiger partial charge in [-0.1, -0.05) is 6.07 Å². The third-order valence-corrected chi connectivity index (χ3v) is 3.78. The maximum Gasteiger partial charge on any atom is 0.203 e. The summed E-state index contributed by atoms with van der Waals surface area (Å²) >= 11 is 0. The largest absolute Gasteiger partial charge is 0.493 e. The van der Waals surface area contributed by atoms with E-state index in [0.717, 1.165) is 11.2 Å². The van der Waals surface area contributed by atoms with Crippen LogP contribution >= 0.6 is 12.4 Å². The highest BCUT2D eigenvalue weighted by Gasteiger charge is 2.13. The van der Waals surface area contributed by atoms with Crippen LogP contribution in [0.1, 0.15) is 5.56 Å². The Labute approximate surface area is 147 Å². The van der Waals surface area contributed by atoms with Gasteiger partial charge in [-0.2, -0.15) is 0 Å². The van der Waals surface area contributed by atoms with Crippen molar-refractivity contribution >= 4 is 29.0 Å². The van der Waals surface area contributed by atoms with Gasteiger partial charge in [0.25, 0.3) is 0 Å². The lowest BCUT2D eigenvalue weighted by Gasteiger charge is -2.15. The van der Waals surface area contributed by atoms with Crippen molar-refractivity contribution in [2.75, 3.05) is 26.6 Å². The first kappa shape index (κ1) is 17.8. The van der Waals surface area contributed by atoms with E-state index in [-0.39, 0.29) is 12.4 Å². The highest BCUT2D eigenvalue weighted by Crippen LogP contribution is 2.40. The number of halogens is 1. The third kappa shape index (κ3) is 3.51. The number of methoxy groups -OCH3 is 3. The number of H-pyrrole nitrogens is 1. The predicted octanol–water partition coefficient (Wildman–Crippen LogP) is 4.23. The van der Waals surface area contributed by atoms with Crippen molar-refractivity contribution in [3.05, 3.63) is 48.2 Å². The summed E-state index contributed by atoms with van der Waals surface area (Å²) in [4.78, 5) is 3.20. The smallest absolute Gasteiger partial charge is 0.203 e. The zero-order valence-corrected chi connectivity index (χ0v) is 14.7. The normalized spacial score (nSPS) is 10.1. The van der Waals surface area contributed by atoms with E-state index in [1.807, 2.05) is 18.3 Å².